The van der Waals surface area contributed by atoms with Crippen LogP contribution < -0.4 is 0 Å². The van der Waals surface area contributed by atoms with Gasteiger partial charge in [0.25, 0.3) is 0 Å². The fourth-order valence-corrected chi connectivity index (χ4v) is 8.95. The van der Waals surface area contributed by atoms with E-state index in [1.54, 1.807) is 0 Å². The van der Waals surface area contributed by atoms with Gasteiger partial charge in [0.2, 0.25) is 0 Å². The van der Waals surface area contributed by atoms with E-state index in [0.717, 1.165) is 38.5 Å². The summed E-state index contributed by atoms with van der Waals surface area (Å²) in [6.07, 6.45) is 11.5. The summed E-state index contributed by atoms with van der Waals surface area (Å²) in [5, 5.41) is 42.8. The van der Waals surface area contributed by atoms with Crippen LogP contribution in [-0.2, 0) is 4.79 Å². The molecule has 11 atom stereocenters. The van der Waals surface area contributed by atoms with E-state index in [4.69, 9.17) is 11.5 Å². The van der Waals surface area contributed by atoms with Crippen molar-refractivity contribution in [3.8, 4) is 12.3 Å². The Morgan fingerprint density at radius 2 is 1.87 bits per heavy atom. The van der Waals surface area contributed by atoms with Gasteiger partial charge in [-0.25, -0.2) is 0 Å². The first-order valence-electron chi connectivity index (χ1n) is 12.3. The number of fused-ring (bicyclic) bond motifs is 5. The average molecular weight is 433 g/mol. The van der Waals surface area contributed by atoms with Gasteiger partial charge in [0.05, 0.1) is 12.2 Å². The molecule has 4 fully saturated rings. The molecule has 0 heterocycles. The Morgan fingerprint density at radius 3 is 2.52 bits per heavy atom. The first-order chi connectivity index (χ1) is 14.5. The van der Waals surface area contributed by atoms with E-state index >= 15 is 0 Å². The third kappa shape index (κ3) is 3.28. The quantitative estimate of drug-likeness (QED) is 0.510. The molecule has 174 valence electrons. The van der Waals surface area contributed by atoms with Gasteiger partial charge in [0.15, 0.2) is 0 Å². The number of aliphatic hydroxyl groups is 3. The summed E-state index contributed by atoms with van der Waals surface area (Å²) in [6.45, 7) is 6.52. The Morgan fingerprint density at radius 1 is 1.16 bits per heavy atom. The highest BCUT2D eigenvalue weighted by molar-refractivity contribution is 5.66. The fourth-order valence-electron chi connectivity index (χ4n) is 8.95. The third-order valence-corrected chi connectivity index (χ3v) is 10.7. The molecule has 0 saturated heterocycles. The van der Waals surface area contributed by atoms with Crippen molar-refractivity contribution in [3.05, 3.63) is 0 Å². The van der Waals surface area contributed by atoms with E-state index in [0.29, 0.717) is 12.8 Å². The van der Waals surface area contributed by atoms with E-state index in [1.807, 2.05) is 0 Å². The number of hydrogen-bond donors (Lipinski definition) is 4. The highest BCUT2D eigenvalue weighted by Crippen LogP contribution is 2.70. The number of carboxylic acids is 1. The lowest BCUT2D eigenvalue weighted by Crippen LogP contribution is -2.66. The predicted octanol–water partition coefficient (Wildman–Crippen LogP) is 3.45. The molecule has 0 bridgehead atoms. The van der Waals surface area contributed by atoms with Gasteiger partial charge in [-0.2, -0.15) is 0 Å². The van der Waals surface area contributed by atoms with Gasteiger partial charge in [-0.3, -0.25) is 4.79 Å². The lowest BCUT2D eigenvalue weighted by Gasteiger charge is -2.65. The van der Waals surface area contributed by atoms with E-state index in [-0.39, 0.29) is 53.4 Å². The number of aliphatic hydroxyl groups excluding tert-OH is 2. The maximum atomic E-state index is 12.0. The minimum Gasteiger partial charge on any atom is -0.481 e. The van der Waals surface area contributed by atoms with Crippen LogP contribution in [-0.4, -0.2) is 44.2 Å². The maximum Gasteiger partial charge on any atom is 0.303 e. The summed E-state index contributed by atoms with van der Waals surface area (Å²) in [5.74, 6) is 2.95. The summed E-state index contributed by atoms with van der Waals surface area (Å²) < 4.78 is 0. The number of carbonyl (C=O) groups is 1. The van der Waals surface area contributed by atoms with Crippen LogP contribution in [0, 0.1) is 58.7 Å². The van der Waals surface area contributed by atoms with Crippen LogP contribution in [0.15, 0.2) is 0 Å². The van der Waals surface area contributed by atoms with Crippen LogP contribution >= 0.6 is 0 Å². The van der Waals surface area contributed by atoms with Crippen LogP contribution in [0.25, 0.3) is 0 Å². The van der Waals surface area contributed by atoms with Gasteiger partial charge in [0.1, 0.15) is 5.60 Å². The number of rotatable bonds is 4. The lowest BCUT2D eigenvalue weighted by molar-refractivity contribution is -0.227. The molecular formula is C26H40O5. The smallest absolute Gasteiger partial charge is 0.303 e. The molecule has 31 heavy (non-hydrogen) atoms. The van der Waals surface area contributed by atoms with Crippen LogP contribution in [0.1, 0.15) is 78.6 Å². The van der Waals surface area contributed by atoms with E-state index < -0.39 is 23.1 Å². The summed E-state index contributed by atoms with van der Waals surface area (Å²) in [5.41, 5.74) is -1.82. The summed E-state index contributed by atoms with van der Waals surface area (Å²) >= 11 is 0. The second-order valence-corrected chi connectivity index (χ2v) is 11.8. The molecule has 4 aliphatic rings. The molecule has 0 aromatic rings. The van der Waals surface area contributed by atoms with E-state index in [2.05, 4.69) is 26.7 Å². The standard InChI is InChI=1S/C26H40O5/c1-5-26(31)14-20-23(21(28)13-16-12-17(27)10-11-24(16,20)3)19-8-7-18(25(19,26)4)15(2)6-9-22(29)30/h1,15-21,23,27-28,31H,6-14H2,2-4H3,(H,29,30)/t15-,16+,17-,18-,19+,20+,21-,23+,24+,25-,26?/m1/s1. The van der Waals surface area contributed by atoms with Crippen molar-refractivity contribution in [2.75, 3.05) is 0 Å². The molecule has 1 unspecified atom stereocenters. The largest absolute Gasteiger partial charge is 0.481 e. The zero-order chi connectivity index (χ0) is 22.8. The molecule has 0 aromatic carbocycles. The average Bonchev–Trinajstić information content (AvgIpc) is 3.07. The number of carboxylic acid groups (broad SMARTS) is 1. The van der Waals surface area contributed by atoms with Gasteiger partial charge < -0.3 is 20.4 Å². The second kappa shape index (κ2) is 7.75. The molecule has 0 aromatic heterocycles. The number of aliphatic carboxylic acids is 1. The molecule has 4 N–H and O–H groups in total. The molecule has 4 rings (SSSR count). The molecule has 0 spiro atoms. The molecule has 4 saturated carbocycles. The van der Waals surface area contributed by atoms with Crippen LogP contribution in [0.3, 0.4) is 0 Å². The van der Waals surface area contributed by atoms with Gasteiger partial charge in [-0.1, -0.05) is 26.7 Å². The second-order valence-electron chi connectivity index (χ2n) is 11.8. The van der Waals surface area contributed by atoms with Crippen molar-refractivity contribution in [2.24, 2.45) is 46.3 Å². The van der Waals surface area contributed by atoms with E-state index in [9.17, 15) is 20.1 Å². The predicted molar refractivity (Wildman–Crippen MR) is 118 cm³/mol. The number of terminal acetylenes is 1. The summed E-state index contributed by atoms with van der Waals surface area (Å²) in [7, 11) is 0. The fraction of sp³-hybridized carbons (Fsp3) is 0.885. The first kappa shape index (κ1) is 23.1. The molecule has 5 heteroatoms. The SMILES string of the molecule is C#CC1(O)C[C@H]2[C@@H]([C@H](O)C[C@@H]3C[C@H](O)CC[C@@]32C)[C@@H]2CC[C@H]([C@H](C)CCC(=O)O)[C@]21C. The van der Waals surface area contributed by atoms with Crippen LogP contribution in [0.5, 0.6) is 0 Å². The van der Waals surface area contributed by atoms with Crippen molar-refractivity contribution >= 4 is 5.97 Å². The van der Waals surface area contributed by atoms with Gasteiger partial charge >= 0.3 is 5.97 Å². The van der Waals surface area contributed by atoms with Crippen molar-refractivity contribution in [1.82, 2.24) is 0 Å². The van der Waals surface area contributed by atoms with E-state index in [1.165, 1.54) is 0 Å². The zero-order valence-electron chi connectivity index (χ0n) is 19.3. The Kier molecular flexibility index (Phi) is 5.77. The van der Waals surface area contributed by atoms with Crippen molar-refractivity contribution in [3.63, 3.8) is 0 Å². The van der Waals surface area contributed by atoms with Gasteiger partial charge in [-0.15, -0.1) is 6.42 Å². The maximum absolute atomic E-state index is 12.0. The van der Waals surface area contributed by atoms with Crippen molar-refractivity contribution in [1.29, 1.82) is 0 Å². The Labute approximate surface area is 186 Å². The molecule has 5 nitrogen and oxygen atoms in total. The molecule has 4 aliphatic carbocycles. The molecule has 0 radical (unpaired) electrons. The minimum absolute atomic E-state index is 0.0255. The third-order valence-electron chi connectivity index (χ3n) is 10.7. The topological polar surface area (TPSA) is 98.0 Å². The van der Waals surface area contributed by atoms with Crippen LogP contribution in [0.4, 0.5) is 0 Å². The Hall–Kier alpha value is -1.09. The molecule has 0 aliphatic heterocycles. The highest BCUT2D eigenvalue weighted by atomic mass is 16.4. The molecule has 0 amide bonds. The highest BCUT2D eigenvalue weighted by Gasteiger charge is 2.70. The zero-order valence-corrected chi connectivity index (χ0v) is 19.3. The lowest BCUT2D eigenvalue weighted by atomic mass is 9.40. The molecular weight excluding hydrogens is 392 g/mol. The first-order valence-corrected chi connectivity index (χ1v) is 12.3. The van der Waals surface area contributed by atoms with Crippen LogP contribution in [0.2, 0.25) is 0 Å². The normalized spacial score (nSPS) is 52.4. The summed E-state index contributed by atoms with van der Waals surface area (Å²) in [6, 6.07) is 0. The Bertz CT molecular complexity index is 759. The number of hydrogen-bond acceptors (Lipinski definition) is 4. The minimum atomic E-state index is -1.27. The van der Waals surface area contributed by atoms with Crippen molar-refractivity contribution in [2.45, 2.75) is 96.4 Å². The summed E-state index contributed by atoms with van der Waals surface area (Å²) in [4.78, 5) is 11.2. The monoisotopic (exact) mass is 432 g/mol. The van der Waals surface area contributed by atoms with Gasteiger partial charge in [0, 0.05) is 11.8 Å². The Balaban J connectivity index is 1.71. The van der Waals surface area contributed by atoms with Crippen molar-refractivity contribution < 1.29 is 25.2 Å². The van der Waals surface area contributed by atoms with Gasteiger partial charge in [-0.05, 0) is 92.3 Å².